The number of benzene rings is 3. The fraction of sp³-hybridized carbons (Fsp3) is 0.0476. The summed E-state index contributed by atoms with van der Waals surface area (Å²) in [7, 11) is -4.02. The molecule has 0 atom stereocenters. The van der Waals surface area contributed by atoms with E-state index in [4.69, 9.17) is 11.6 Å². The van der Waals surface area contributed by atoms with Crippen molar-refractivity contribution in [3.8, 4) is 11.1 Å². The van der Waals surface area contributed by atoms with Crippen LogP contribution in [0.3, 0.4) is 0 Å². The monoisotopic (exact) mass is 444 g/mol. The van der Waals surface area contributed by atoms with Crippen LogP contribution in [0.2, 0.25) is 5.02 Å². The first kappa shape index (κ1) is 21.4. The van der Waals surface area contributed by atoms with E-state index >= 15 is 0 Å². The van der Waals surface area contributed by atoms with Gasteiger partial charge in [0.05, 0.1) is 16.1 Å². The van der Waals surface area contributed by atoms with Crippen LogP contribution in [0.5, 0.6) is 0 Å². The predicted octanol–water partition coefficient (Wildman–Crippen LogP) is 4.46. The number of hydrogen-bond donors (Lipinski definition) is 3. The van der Waals surface area contributed by atoms with E-state index in [1.165, 1.54) is 37.3 Å². The molecule has 1 amide bonds. The topological polar surface area (TPSA) is 113 Å². The van der Waals surface area contributed by atoms with Crippen molar-refractivity contribution < 1.29 is 23.1 Å². The van der Waals surface area contributed by atoms with Crippen LogP contribution in [0.4, 0.5) is 11.4 Å². The number of carboxylic acids is 1. The highest BCUT2D eigenvalue weighted by Crippen LogP contribution is 2.27. The van der Waals surface area contributed by atoms with E-state index in [1.54, 1.807) is 30.3 Å². The summed E-state index contributed by atoms with van der Waals surface area (Å²) in [5, 5.41) is 12.2. The first-order valence-electron chi connectivity index (χ1n) is 8.69. The normalized spacial score (nSPS) is 11.0. The van der Waals surface area contributed by atoms with E-state index in [1.807, 2.05) is 6.07 Å². The molecule has 0 saturated carbocycles. The summed E-state index contributed by atoms with van der Waals surface area (Å²) >= 11 is 5.80. The highest BCUT2D eigenvalue weighted by atomic mass is 35.5. The second-order valence-corrected chi connectivity index (χ2v) is 8.51. The maximum Gasteiger partial charge on any atom is 0.337 e. The van der Waals surface area contributed by atoms with Crippen molar-refractivity contribution in [3.05, 3.63) is 77.3 Å². The number of carbonyl (C=O) groups excluding carboxylic acids is 1. The Labute approximate surface area is 178 Å². The van der Waals surface area contributed by atoms with Crippen molar-refractivity contribution in [1.82, 2.24) is 0 Å². The van der Waals surface area contributed by atoms with Gasteiger partial charge in [-0.3, -0.25) is 9.52 Å². The standard InChI is InChI=1S/C21H17ClN2O5S/c1-13(25)23-17-4-2-3-15(11-17)14-5-8-18(9-6-14)30(28,29)24-20-10-7-16(22)12-19(20)21(26)27/h2-12,24H,1H3,(H,23,25)(H,26,27). The number of halogens is 1. The molecule has 3 aromatic rings. The van der Waals surface area contributed by atoms with Crippen LogP contribution in [-0.2, 0) is 14.8 Å². The Morgan fingerprint density at radius 3 is 2.27 bits per heavy atom. The number of nitrogens with one attached hydrogen (secondary N) is 2. The predicted molar refractivity (Wildman–Crippen MR) is 115 cm³/mol. The summed E-state index contributed by atoms with van der Waals surface area (Å²) in [4.78, 5) is 22.6. The molecule has 0 aromatic heterocycles. The molecule has 3 aromatic carbocycles. The van der Waals surface area contributed by atoms with Gasteiger partial charge in [-0.15, -0.1) is 0 Å². The van der Waals surface area contributed by atoms with E-state index < -0.39 is 16.0 Å². The molecular formula is C21H17ClN2O5S. The average Bonchev–Trinajstić information content (AvgIpc) is 2.69. The number of aromatic carboxylic acids is 1. The molecule has 154 valence electrons. The molecule has 30 heavy (non-hydrogen) atoms. The second kappa shape index (κ2) is 8.56. The number of carboxylic acid groups (broad SMARTS) is 1. The molecule has 0 aliphatic carbocycles. The van der Waals surface area contributed by atoms with Crippen LogP contribution in [0, 0.1) is 0 Å². The summed E-state index contributed by atoms with van der Waals surface area (Å²) in [5.74, 6) is -1.49. The van der Waals surface area contributed by atoms with Crippen LogP contribution in [-0.4, -0.2) is 25.4 Å². The van der Waals surface area contributed by atoms with Gasteiger partial charge in [-0.25, -0.2) is 13.2 Å². The van der Waals surface area contributed by atoms with Crippen molar-refractivity contribution in [1.29, 1.82) is 0 Å². The molecule has 0 heterocycles. The average molecular weight is 445 g/mol. The molecule has 3 rings (SSSR count). The first-order valence-corrected chi connectivity index (χ1v) is 10.6. The van der Waals surface area contributed by atoms with E-state index in [9.17, 15) is 23.1 Å². The third-order valence-corrected chi connectivity index (χ3v) is 5.75. The lowest BCUT2D eigenvalue weighted by atomic mass is 10.1. The van der Waals surface area contributed by atoms with E-state index in [0.29, 0.717) is 5.69 Å². The van der Waals surface area contributed by atoms with Gasteiger partial charge >= 0.3 is 5.97 Å². The van der Waals surface area contributed by atoms with Gasteiger partial charge in [0.1, 0.15) is 0 Å². The number of sulfonamides is 1. The van der Waals surface area contributed by atoms with Crippen LogP contribution in [0.25, 0.3) is 11.1 Å². The van der Waals surface area contributed by atoms with Crippen LogP contribution >= 0.6 is 11.6 Å². The minimum absolute atomic E-state index is 0.0319. The molecule has 7 nitrogen and oxygen atoms in total. The summed E-state index contributed by atoms with van der Waals surface area (Å²) in [6.07, 6.45) is 0. The Kier molecular flexibility index (Phi) is 6.09. The largest absolute Gasteiger partial charge is 0.478 e. The van der Waals surface area contributed by atoms with Crippen molar-refractivity contribution in [3.63, 3.8) is 0 Å². The van der Waals surface area contributed by atoms with Gasteiger partial charge in [0, 0.05) is 17.6 Å². The number of carbonyl (C=O) groups is 2. The highest BCUT2D eigenvalue weighted by Gasteiger charge is 2.19. The highest BCUT2D eigenvalue weighted by molar-refractivity contribution is 7.92. The van der Waals surface area contributed by atoms with E-state index in [-0.39, 0.29) is 27.1 Å². The maximum atomic E-state index is 12.7. The number of rotatable bonds is 6. The molecule has 0 aliphatic rings. The van der Waals surface area contributed by atoms with Gasteiger partial charge in [-0.05, 0) is 53.6 Å². The number of amides is 1. The van der Waals surface area contributed by atoms with Crippen molar-refractivity contribution >= 4 is 44.9 Å². The Balaban J connectivity index is 1.87. The lowest BCUT2D eigenvalue weighted by Crippen LogP contribution is -2.15. The van der Waals surface area contributed by atoms with Crippen molar-refractivity contribution in [2.45, 2.75) is 11.8 Å². The third kappa shape index (κ3) is 4.97. The summed E-state index contributed by atoms with van der Waals surface area (Å²) < 4.78 is 27.7. The van der Waals surface area contributed by atoms with E-state index in [2.05, 4.69) is 10.0 Å². The number of anilines is 2. The van der Waals surface area contributed by atoms with Gasteiger partial charge in [0.15, 0.2) is 0 Å². The van der Waals surface area contributed by atoms with Crippen molar-refractivity contribution in [2.24, 2.45) is 0 Å². The molecule has 9 heteroatoms. The summed E-state index contributed by atoms with van der Waals surface area (Å²) in [5.41, 5.74) is 1.83. The Morgan fingerprint density at radius 2 is 1.63 bits per heavy atom. The fourth-order valence-corrected chi connectivity index (χ4v) is 4.04. The molecule has 3 N–H and O–H groups in total. The lowest BCUT2D eigenvalue weighted by molar-refractivity contribution is -0.114. The van der Waals surface area contributed by atoms with Gasteiger partial charge < -0.3 is 10.4 Å². The second-order valence-electron chi connectivity index (χ2n) is 6.39. The van der Waals surface area contributed by atoms with Gasteiger partial charge in [0.2, 0.25) is 5.91 Å². The lowest BCUT2D eigenvalue weighted by Gasteiger charge is -2.12. The molecular weight excluding hydrogens is 428 g/mol. The van der Waals surface area contributed by atoms with Crippen LogP contribution in [0.1, 0.15) is 17.3 Å². The Bertz CT molecular complexity index is 1220. The van der Waals surface area contributed by atoms with Gasteiger partial charge in [-0.1, -0.05) is 35.9 Å². The van der Waals surface area contributed by atoms with E-state index in [0.717, 1.165) is 11.1 Å². The minimum atomic E-state index is -4.02. The summed E-state index contributed by atoms with van der Waals surface area (Å²) in [6, 6.07) is 17.1. The van der Waals surface area contributed by atoms with Crippen LogP contribution in [0.15, 0.2) is 71.6 Å². The van der Waals surface area contributed by atoms with Gasteiger partial charge in [0.25, 0.3) is 10.0 Å². The zero-order valence-electron chi connectivity index (χ0n) is 15.7. The Morgan fingerprint density at radius 1 is 0.933 bits per heavy atom. The number of hydrogen-bond acceptors (Lipinski definition) is 4. The molecule has 0 bridgehead atoms. The quantitative estimate of drug-likeness (QED) is 0.519. The van der Waals surface area contributed by atoms with Crippen LogP contribution < -0.4 is 10.0 Å². The van der Waals surface area contributed by atoms with Gasteiger partial charge in [-0.2, -0.15) is 0 Å². The molecule has 0 fully saturated rings. The third-order valence-electron chi connectivity index (χ3n) is 4.14. The molecule has 0 aliphatic heterocycles. The zero-order chi connectivity index (χ0) is 21.9. The SMILES string of the molecule is CC(=O)Nc1cccc(-c2ccc(S(=O)(=O)Nc3ccc(Cl)cc3C(=O)O)cc2)c1. The zero-order valence-corrected chi connectivity index (χ0v) is 17.3. The molecule has 0 unspecified atom stereocenters. The molecule has 0 spiro atoms. The smallest absolute Gasteiger partial charge is 0.337 e. The molecule has 0 saturated heterocycles. The first-order chi connectivity index (χ1) is 14.2. The minimum Gasteiger partial charge on any atom is -0.478 e. The molecule has 0 radical (unpaired) electrons. The summed E-state index contributed by atoms with van der Waals surface area (Å²) in [6.45, 7) is 1.41. The fourth-order valence-electron chi connectivity index (χ4n) is 2.79. The Hall–Kier alpha value is -3.36. The van der Waals surface area contributed by atoms with Crippen molar-refractivity contribution in [2.75, 3.05) is 10.0 Å². The maximum absolute atomic E-state index is 12.7.